The summed E-state index contributed by atoms with van der Waals surface area (Å²) in [7, 11) is 0. The van der Waals surface area contributed by atoms with Gasteiger partial charge in [0.2, 0.25) is 0 Å². The molecule has 1 aliphatic rings. The first-order chi connectivity index (χ1) is 8.95. The number of anilines is 1. The molecule has 1 heterocycles. The van der Waals surface area contributed by atoms with Crippen molar-refractivity contribution < 1.29 is 0 Å². The summed E-state index contributed by atoms with van der Waals surface area (Å²) in [6, 6.07) is 10.1. The van der Waals surface area contributed by atoms with Crippen LogP contribution in [0.1, 0.15) is 52.5 Å². The molecule has 0 radical (unpaired) electrons. The maximum Gasteiger partial charge on any atom is 0.0342 e. The molecule has 19 heavy (non-hydrogen) atoms. The number of hydrogen-bond donors (Lipinski definition) is 2. The van der Waals surface area contributed by atoms with E-state index in [1.165, 1.54) is 37.1 Å². The Morgan fingerprint density at radius 3 is 2.47 bits per heavy atom. The standard InChI is InChI=1S/C17H28N2/c1-13(12-16-6-5-11-18-16)19-15-9-7-14(8-10-15)17(2,3)4/h7-10,13,16,18-19H,5-6,11-12H2,1-4H3. The van der Waals surface area contributed by atoms with Crippen LogP contribution in [0.15, 0.2) is 24.3 Å². The lowest BCUT2D eigenvalue weighted by Crippen LogP contribution is -2.29. The van der Waals surface area contributed by atoms with Crippen LogP contribution in [-0.4, -0.2) is 18.6 Å². The molecule has 2 atom stereocenters. The van der Waals surface area contributed by atoms with Crippen LogP contribution in [-0.2, 0) is 5.41 Å². The Morgan fingerprint density at radius 2 is 1.95 bits per heavy atom. The first-order valence-corrected chi connectivity index (χ1v) is 7.55. The van der Waals surface area contributed by atoms with E-state index < -0.39 is 0 Å². The molecule has 106 valence electrons. The van der Waals surface area contributed by atoms with Gasteiger partial charge in [0.15, 0.2) is 0 Å². The maximum absolute atomic E-state index is 3.61. The van der Waals surface area contributed by atoms with Crippen molar-refractivity contribution in [2.75, 3.05) is 11.9 Å². The molecular weight excluding hydrogens is 232 g/mol. The summed E-state index contributed by atoms with van der Waals surface area (Å²) in [5, 5.41) is 7.17. The van der Waals surface area contributed by atoms with Gasteiger partial charge >= 0.3 is 0 Å². The Hall–Kier alpha value is -1.02. The second-order valence-corrected chi connectivity index (χ2v) is 6.90. The van der Waals surface area contributed by atoms with Crippen molar-refractivity contribution >= 4 is 5.69 Å². The average molecular weight is 260 g/mol. The second kappa shape index (κ2) is 5.96. The molecule has 0 amide bonds. The molecule has 2 unspecified atom stereocenters. The maximum atomic E-state index is 3.61. The quantitative estimate of drug-likeness (QED) is 0.857. The summed E-state index contributed by atoms with van der Waals surface area (Å²) in [4.78, 5) is 0. The van der Waals surface area contributed by atoms with Crippen molar-refractivity contribution in [1.29, 1.82) is 0 Å². The summed E-state index contributed by atoms with van der Waals surface area (Å²) in [5.74, 6) is 0. The first-order valence-electron chi connectivity index (χ1n) is 7.55. The largest absolute Gasteiger partial charge is 0.383 e. The summed E-state index contributed by atoms with van der Waals surface area (Å²) in [6.07, 6.45) is 3.87. The van der Waals surface area contributed by atoms with Crippen LogP contribution in [0.25, 0.3) is 0 Å². The molecule has 0 saturated carbocycles. The summed E-state index contributed by atoms with van der Waals surface area (Å²) in [5.41, 5.74) is 2.86. The Balaban J connectivity index is 1.88. The smallest absolute Gasteiger partial charge is 0.0342 e. The summed E-state index contributed by atoms with van der Waals surface area (Å²) >= 11 is 0. The SMILES string of the molecule is CC(CC1CCCN1)Nc1ccc(C(C)(C)C)cc1. The molecule has 1 fully saturated rings. The molecule has 2 heteroatoms. The molecule has 2 N–H and O–H groups in total. The van der Waals surface area contributed by atoms with Crippen molar-refractivity contribution in [3.63, 3.8) is 0 Å². The highest BCUT2D eigenvalue weighted by molar-refractivity contribution is 5.46. The Morgan fingerprint density at radius 1 is 1.26 bits per heavy atom. The highest BCUT2D eigenvalue weighted by Crippen LogP contribution is 2.24. The Kier molecular flexibility index (Phi) is 4.51. The highest BCUT2D eigenvalue weighted by atomic mass is 15.0. The molecule has 1 aromatic rings. The van der Waals surface area contributed by atoms with Gasteiger partial charge in [-0.3, -0.25) is 0 Å². The number of rotatable bonds is 4. The molecule has 0 aromatic heterocycles. The van der Waals surface area contributed by atoms with E-state index in [2.05, 4.69) is 62.6 Å². The Bertz CT molecular complexity index is 383. The number of hydrogen-bond acceptors (Lipinski definition) is 2. The van der Waals surface area contributed by atoms with E-state index >= 15 is 0 Å². The molecule has 1 aromatic carbocycles. The van der Waals surface area contributed by atoms with E-state index in [1.807, 2.05) is 0 Å². The van der Waals surface area contributed by atoms with Gasteiger partial charge in [0.25, 0.3) is 0 Å². The van der Waals surface area contributed by atoms with Crippen LogP contribution in [0.4, 0.5) is 5.69 Å². The molecule has 2 nitrogen and oxygen atoms in total. The third kappa shape index (κ3) is 4.24. The van der Waals surface area contributed by atoms with Gasteiger partial charge in [-0.1, -0.05) is 32.9 Å². The molecule has 0 spiro atoms. The van der Waals surface area contributed by atoms with E-state index in [1.54, 1.807) is 0 Å². The normalized spacial score (nSPS) is 21.4. The molecule has 1 saturated heterocycles. The van der Waals surface area contributed by atoms with E-state index in [0.717, 1.165) is 0 Å². The summed E-state index contributed by atoms with van der Waals surface area (Å²) in [6.45, 7) is 10.2. The fraction of sp³-hybridized carbons (Fsp3) is 0.647. The first kappa shape index (κ1) is 14.4. The van der Waals surface area contributed by atoms with Gasteiger partial charge in [-0.15, -0.1) is 0 Å². The van der Waals surface area contributed by atoms with Crippen LogP contribution in [0.3, 0.4) is 0 Å². The zero-order valence-corrected chi connectivity index (χ0v) is 12.8. The monoisotopic (exact) mass is 260 g/mol. The van der Waals surface area contributed by atoms with Gasteiger partial charge < -0.3 is 10.6 Å². The molecule has 1 aliphatic heterocycles. The zero-order valence-electron chi connectivity index (χ0n) is 12.8. The molecular formula is C17H28N2. The van der Waals surface area contributed by atoms with Crippen molar-refractivity contribution in [2.24, 2.45) is 0 Å². The van der Waals surface area contributed by atoms with E-state index in [0.29, 0.717) is 12.1 Å². The zero-order chi connectivity index (χ0) is 13.9. The number of nitrogens with one attached hydrogen (secondary N) is 2. The van der Waals surface area contributed by atoms with Crippen molar-refractivity contribution in [1.82, 2.24) is 5.32 Å². The van der Waals surface area contributed by atoms with Gasteiger partial charge in [-0.2, -0.15) is 0 Å². The van der Waals surface area contributed by atoms with E-state index in [-0.39, 0.29) is 5.41 Å². The molecule has 0 aliphatic carbocycles. The van der Waals surface area contributed by atoms with Crippen LogP contribution >= 0.6 is 0 Å². The van der Waals surface area contributed by atoms with Gasteiger partial charge in [-0.05, 0) is 55.8 Å². The third-order valence-corrected chi connectivity index (χ3v) is 3.96. The highest BCUT2D eigenvalue weighted by Gasteiger charge is 2.17. The van der Waals surface area contributed by atoms with Gasteiger partial charge in [0.05, 0.1) is 0 Å². The van der Waals surface area contributed by atoms with Crippen molar-refractivity contribution in [3.8, 4) is 0 Å². The summed E-state index contributed by atoms with van der Waals surface area (Å²) < 4.78 is 0. The van der Waals surface area contributed by atoms with Gasteiger partial charge in [0.1, 0.15) is 0 Å². The minimum atomic E-state index is 0.234. The lowest BCUT2D eigenvalue weighted by molar-refractivity contribution is 0.523. The lowest BCUT2D eigenvalue weighted by atomic mass is 9.87. The lowest BCUT2D eigenvalue weighted by Gasteiger charge is -2.22. The fourth-order valence-electron chi connectivity index (χ4n) is 2.79. The minimum Gasteiger partial charge on any atom is -0.383 e. The van der Waals surface area contributed by atoms with Crippen LogP contribution in [0.2, 0.25) is 0 Å². The number of benzene rings is 1. The topological polar surface area (TPSA) is 24.1 Å². The van der Waals surface area contributed by atoms with Crippen molar-refractivity contribution in [2.45, 2.75) is 64.5 Å². The molecule has 0 bridgehead atoms. The van der Waals surface area contributed by atoms with Crippen LogP contribution in [0.5, 0.6) is 0 Å². The fourth-order valence-corrected chi connectivity index (χ4v) is 2.79. The van der Waals surface area contributed by atoms with E-state index in [9.17, 15) is 0 Å². The molecule has 2 rings (SSSR count). The van der Waals surface area contributed by atoms with Crippen molar-refractivity contribution in [3.05, 3.63) is 29.8 Å². The van der Waals surface area contributed by atoms with Crippen LogP contribution in [0, 0.1) is 0 Å². The second-order valence-electron chi connectivity index (χ2n) is 6.90. The van der Waals surface area contributed by atoms with Gasteiger partial charge in [0, 0.05) is 17.8 Å². The average Bonchev–Trinajstić information content (AvgIpc) is 2.81. The minimum absolute atomic E-state index is 0.234. The van der Waals surface area contributed by atoms with Crippen LogP contribution < -0.4 is 10.6 Å². The Labute approximate surface area is 118 Å². The predicted octanol–water partition coefficient (Wildman–Crippen LogP) is 3.93. The van der Waals surface area contributed by atoms with E-state index in [4.69, 9.17) is 0 Å². The van der Waals surface area contributed by atoms with Gasteiger partial charge in [-0.25, -0.2) is 0 Å². The third-order valence-electron chi connectivity index (χ3n) is 3.96. The predicted molar refractivity (Wildman–Crippen MR) is 83.9 cm³/mol.